The number of hydrogen-bond donors (Lipinski definition) is 5. The van der Waals surface area contributed by atoms with E-state index in [4.69, 9.17) is 9.47 Å². The van der Waals surface area contributed by atoms with Crippen LogP contribution in [0, 0.1) is 0 Å². The zero-order chi connectivity index (χ0) is 27.1. The maximum Gasteiger partial charge on any atom is 0.412 e. The van der Waals surface area contributed by atoms with Crippen molar-refractivity contribution in [2.45, 2.75) is 97.7 Å². The number of hydrogen-bond acceptors (Lipinski definition) is 8. The van der Waals surface area contributed by atoms with E-state index in [2.05, 4.69) is 31.6 Å². The summed E-state index contributed by atoms with van der Waals surface area (Å²) in [7, 11) is 0. The van der Waals surface area contributed by atoms with Crippen LogP contribution in [-0.4, -0.2) is 82.1 Å². The van der Waals surface area contributed by atoms with E-state index in [1.807, 2.05) is 41.5 Å². The average molecular weight is 515 g/mol. The van der Waals surface area contributed by atoms with Gasteiger partial charge in [-0.05, 0) is 99.8 Å². The summed E-state index contributed by atoms with van der Waals surface area (Å²) >= 11 is 0. The molecule has 36 heavy (non-hydrogen) atoms. The smallest absolute Gasteiger partial charge is 0.412 e. The first-order chi connectivity index (χ1) is 17.0. The lowest BCUT2D eigenvalue weighted by Gasteiger charge is -2.19. The second-order valence-corrected chi connectivity index (χ2v) is 10.8. The van der Waals surface area contributed by atoms with E-state index >= 15 is 0 Å². The van der Waals surface area contributed by atoms with E-state index in [0.717, 1.165) is 71.4 Å². The fraction of sp³-hybridized carbons (Fsp3) is 0.885. The van der Waals surface area contributed by atoms with Gasteiger partial charge in [-0.3, -0.25) is 10.3 Å². The minimum Gasteiger partial charge on any atom is -0.444 e. The third-order valence-corrected chi connectivity index (χ3v) is 4.70. The molecule has 0 atom stereocenters. The molecule has 0 unspecified atom stereocenters. The van der Waals surface area contributed by atoms with Crippen molar-refractivity contribution in [2.75, 3.05) is 52.4 Å². The number of rotatable bonds is 20. The predicted molar refractivity (Wildman–Crippen MR) is 148 cm³/mol. The number of alkyl carbamates (subject to hydrolysis) is 2. The standard InChI is InChI=1S/C26H54N6O4/c1-25(2,3)35-23(33)31-19-13-18-27-15-11-12-16-29-21-20-28-14-9-7-8-10-17-30-22-32-24(34)36-26(4,5)6/h22,27-29H,7-21H2,1-6H3,(H,31,33)(H,30,32,34). The van der Waals surface area contributed by atoms with Crippen LogP contribution in [0.2, 0.25) is 0 Å². The van der Waals surface area contributed by atoms with Crippen molar-refractivity contribution in [3.63, 3.8) is 0 Å². The quantitative estimate of drug-likeness (QED) is 0.0955. The van der Waals surface area contributed by atoms with Gasteiger partial charge in [0.25, 0.3) is 0 Å². The van der Waals surface area contributed by atoms with E-state index in [0.29, 0.717) is 13.1 Å². The number of nitrogens with one attached hydrogen (secondary N) is 5. The van der Waals surface area contributed by atoms with Crippen LogP contribution in [0.15, 0.2) is 4.99 Å². The molecule has 0 saturated heterocycles. The van der Waals surface area contributed by atoms with Gasteiger partial charge in [-0.2, -0.15) is 0 Å². The number of unbranched alkanes of at least 4 members (excludes halogenated alkanes) is 4. The van der Waals surface area contributed by atoms with Crippen LogP contribution in [0.25, 0.3) is 0 Å². The lowest BCUT2D eigenvalue weighted by Crippen LogP contribution is -2.34. The van der Waals surface area contributed by atoms with Crippen LogP contribution >= 0.6 is 0 Å². The van der Waals surface area contributed by atoms with Gasteiger partial charge < -0.3 is 30.7 Å². The van der Waals surface area contributed by atoms with E-state index in [-0.39, 0.29) is 6.09 Å². The van der Waals surface area contributed by atoms with Crippen molar-refractivity contribution in [3.05, 3.63) is 0 Å². The van der Waals surface area contributed by atoms with Gasteiger partial charge >= 0.3 is 12.2 Å². The second kappa shape index (κ2) is 21.2. The van der Waals surface area contributed by atoms with Crippen LogP contribution < -0.4 is 26.6 Å². The molecule has 0 aromatic carbocycles. The molecule has 0 rings (SSSR count). The third-order valence-electron chi connectivity index (χ3n) is 4.70. The predicted octanol–water partition coefficient (Wildman–Crippen LogP) is 3.56. The van der Waals surface area contributed by atoms with E-state index < -0.39 is 17.3 Å². The van der Waals surface area contributed by atoms with E-state index in [9.17, 15) is 9.59 Å². The minimum absolute atomic E-state index is 0.350. The van der Waals surface area contributed by atoms with Crippen molar-refractivity contribution >= 4 is 18.5 Å². The fourth-order valence-electron chi connectivity index (χ4n) is 3.05. The SMILES string of the molecule is CC(C)(C)OC(=O)NC=NCCCCCCNCCNCCCCNCCCNC(=O)OC(C)(C)C. The number of carbonyl (C=O) groups is 2. The van der Waals surface area contributed by atoms with Gasteiger partial charge in [0.15, 0.2) is 0 Å². The number of nitrogens with zero attached hydrogens (tertiary/aromatic N) is 1. The zero-order valence-electron chi connectivity index (χ0n) is 23.8. The first kappa shape index (κ1) is 34.1. The lowest BCUT2D eigenvalue weighted by molar-refractivity contribution is 0.0524. The Hall–Kier alpha value is -1.91. The summed E-state index contributed by atoms with van der Waals surface area (Å²) in [5, 5.41) is 15.6. The molecule has 0 aliphatic rings. The molecule has 5 N–H and O–H groups in total. The first-order valence-electron chi connectivity index (χ1n) is 13.6. The summed E-state index contributed by atoms with van der Waals surface area (Å²) in [6.07, 6.45) is 8.29. The second-order valence-electron chi connectivity index (χ2n) is 10.8. The van der Waals surface area contributed by atoms with Gasteiger partial charge in [0.05, 0.1) is 6.34 Å². The van der Waals surface area contributed by atoms with Gasteiger partial charge in [-0.1, -0.05) is 12.8 Å². The maximum absolute atomic E-state index is 11.5. The Kier molecular flexibility index (Phi) is 20.1. The van der Waals surface area contributed by atoms with Crippen LogP contribution in [-0.2, 0) is 9.47 Å². The summed E-state index contributed by atoms with van der Waals surface area (Å²) in [4.78, 5) is 27.2. The molecule has 0 spiro atoms. The Labute approximate surface area is 219 Å². The molecule has 10 nitrogen and oxygen atoms in total. The molecule has 2 amide bonds. The number of aliphatic imine (C=N–C) groups is 1. The lowest BCUT2D eigenvalue weighted by atomic mass is 10.2. The van der Waals surface area contributed by atoms with Crippen LogP contribution in [0.1, 0.15) is 86.5 Å². The minimum atomic E-state index is -0.494. The van der Waals surface area contributed by atoms with Crippen LogP contribution in [0.3, 0.4) is 0 Å². The van der Waals surface area contributed by atoms with Crippen molar-refractivity contribution in [1.82, 2.24) is 26.6 Å². The van der Waals surface area contributed by atoms with Crippen molar-refractivity contribution in [2.24, 2.45) is 4.99 Å². The zero-order valence-corrected chi connectivity index (χ0v) is 23.8. The molecule has 0 bridgehead atoms. The molecule has 0 aromatic rings. The Morgan fingerprint density at radius 2 is 1.08 bits per heavy atom. The molecular formula is C26H54N6O4. The summed E-state index contributed by atoms with van der Waals surface area (Å²) in [6, 6.07) is 0. The molecule has 0 saturated carbocycles. The highest BCUT2D eigenvalue weighted by Crippen LogP contribution is 2.06. The first-order valence-corrected chi connectivity index (χ1v) is 13.6. The Balaban J connectivity index is 3.24. The number of carbonyl (C=O) groups excluding carboxylic acids is 2. The topological polar surface area (TPSA) is 125 Å². The van der Waals surface area contributed by atoms with Crippen molar-refractivity contribution in [1.29, 1.82) is 0 Å². The maximum atomic E-state index is 11.5. The summed E-state index contributed by atoms with van der Waals surface area (Å²) in [6.45, 7) is 18.4. The molecule has 0 fully saturated rings. The van der Waals surface area contributed by atoms with Crippen molar-refractivity contribution < 1.29 is 19.1 Å². The summed E-state index contributed by atoms with van der Waals surface area (Å²) in [5.74, 6) is 0. The fourth-order valence-corrected chi connectivity index (χ4v) is 3.05. The molecular weight excluding hydrogens is 460 g/mol. The van der Waals surface area contributed by atoms with Gasteiger partial charge in [0.1, 0.15) is 11.2 Å². The Morgan fingerprint density at radius 1 is 0.611 bits per heavy atom. The van der Waals surface area contributed by atoms with Crippen LogP contribution in [0.4, 0.5) is 9.59 Å². The Morgan fingerprint density at radius 3 is 1.67 bits per heavy atom. The number of ether oxygens (including phenoxy) is 2. The largest absolute Gasteiger partial charge is 0.444 e. The average Bonchev–Trinajstić information content (AvgIpc) is 2.74. The molecule has 0 heterocycles. The molecule has 0 aliphatic carbocycles. The highest BCUT2D eigenvalue weighted by atomic mass is 16.6. The molecule has 0 aliphatic heterocycles. The molecule has 0 aromatic heterocycles. The van der Waals surface area contributed by atoms with E-state index in [1.165, 1.54) is 19.2 Å². The van der Waals surface area contributed by atoms with Gasteiger partial charge in [0.2, 0.25) is 0 Å². The molecule has 10 heteroatoms. The highest BCUT2D eigenvalue weighted by molar-refractivity contribution is 5.82. The summed E-state index contributed by atoms with van der Waals surface area (Å²) < 4.78 is 10.3. The number of amides is 2. The highest BCUT2D eigenvalue weighted by Gasteiger charge is 2.15. The van der Waals surface area contributed by atoms with Gasteiger partial charge in [-0.15, -0.1) is 0 Å². The monoisotopic (exact) mass is 514 g/mol. The third kappa shape index (κ3) is 28.3. The normalized spacial score (nSPS) is 12.1. The Bertz CT molecular complexity index is 588. The van der Waals surface area contributed by atoms with Crippen LogP contribution in [0.5, 0.6) is 0 Å². The molecule has 212 valence electrons. The van der Waals surface area contributed by atoms with E-state index in [1.54, 1.807) is 0 Å². The molecule has 0 radical (unpaired) electrons. The van der Waals surface area contributed by atoms with Gasteiger partial charge in [0, 0.05) is 26.2 Å². The van der Waals surface area contributed by atoms with Gasteiger partial charge in [-0.25, -0.2) is 9.59 Å². The summed E-state index contributed by atoms with van der Waals surface area (Å²) in [5.41, 5.74) is -0.943. The van der Waals surface area contributed by atoms with Crippen molar-refractivity contribution in [3.8, 4) is 0 Å².